The molecule has 0 unspecified atom stereocenters. The Labute approximate surface area is 90.3 Å². The number of hydrogen-bond donors (Lipinski definition) is 3. The second-order valence-electron chi connectivity index (χ2n) is 3.32. The molecule has 1 aromatic rings. The van der Waals surface area contributed by atoms with Crippen molar-refractivity contribution < 1.29 is 23.8 Å². The third-order valence-corrected chi connectivity index (χ3v) is 2.20. The zero-order valence-electron chi connectivity index (χ0n) is 8.18. The minimum Gasteiger partial charge on any atom is -0.508 e. The number of halogens is 2. The van der Waals surface area contributed by atoms with Crippen LogP contribution in [-0.2, 0) is 4.79 Å². The number of phenolic OH excluding ortho intramolecular Hbond substituents is 1. The summed E-state index contributed by atoms with van der Waals surface area (Å²) >= 11 is 0. The van der Waals surface area contributed by atoms with Crippen molar-refractivity contribution in [3.05, 3.63) is 29.8 Å². The fourth-order valence-electron chi connectivity index (χ4n) is 1.40. The number of hydrogen-bond acceptors (Lipinski definition) is 3. The van der Waals surface area contributed by atoms with E-state index in [1.165, 1.54) is 18.2 Å². The Morgan fingerprint density at radius 1 is 1.38 bits per heavy atom. The van der Waals surface area contributed by atoms with Gasteiger partial charge in [-0.25, -0.2) is 8.78 Å². The summed E-state index contributed by atoms with van der Waals surface area (Å²) in [4.78, 5) is 10.6. The van der Waals surface area contributed by atoms with Crippen molar-refractivity contribution in [1.82, 2.24) is 0 Å². The first-order valence-electron chi connectivity index (χ1n) is 4.49. The number of carboxylic acid groups (broad SMARTS) is 1. The number of nitrogens with two attached hydrogens (primary N) is 1. The maximum atomic E-state index is 12.7. The molecule has 0 radical (unpaired) electrons. The van der Waals surface area contributed by atoms with Gasteiger partial charge in [0.1, 0.15) is 11.8 Å². The van der Waals surface area contributed by atoms with Gasteiger partial charge < -0.3 is 15.9 Å². The van der Waals surface area contributed by atoms with Gasteiger partial charge in [-0.1, -0.05) is 12.1 Å². The highest BCUT2D eigenvalue weighted by Crippen LogP contribution is 2.28. The molecule has 0 aromatic heterocycles. The fourth-order valence-corrected chi connectivity index (χ4v) is 1.40. The Morgan fingerprint density at radius 2 is 2.00 bits per heavy atom. The molecule has 1 aromatic carbocycles. The highest BCUT2D eigenvalue weighted by molar-refractivity contribution is 5.74. The van der Waals surface area contributed by atoms with Crippen LogP contribution in [0.25, 0.3) is 0 Å². The Balaban J connectivity index is 3.07. The zero-order valence-corrected chi connectivity index (χ0v) is 8.18. The van der Waals surface area contributed by atoms with E-state index in [1.807, 2.05) is 0 Å². The molecule has 0 saturated heterocycles. The van der Waals surface area contributed by atoms with Crippen molar-refractivity contribution in [3.63, 3.8) is 0 Å². The first-order chi connectivity index (χ1) is 7.43. The lowest BCUT2D eigenvalue weighted by molar-refractivity contribution is -0.140. The minimum atomic E-state index is -2.91. The number of alkyl halides is 2. The van der Waals surface area contributed by atoms with Crippen molar-refractivity contribution in [1.29, 1.82) is 0 Å². The molecule has 0 bridgehead atoms. The van der Waals surface area contributed by atoms with Gasteiger partial charge in [-0.05, 0) is 17.7 Å². The number of carboxylic acids is 1. The molecule has 0 saturated carbocycles. The number of phenols is 1. The predicted octanol–water partition coefficient (Wildman–Crippen LogP) is 1.15. The summed E-state index contributed by atoms with van der Waals surface area (Å²) in [6.07, 6.45) is -2.91. The summed E-state index contributed by atoms with van der Waals surface area (Å²) in [7, 11) is 0. The third kappa shape index (κ3) is 2.66. The lowest BCUT2D eigenvalue weighted by Gasteiger charge is -2.20. The number of carbonyl (C=O) groups is 1. The maximum Gasteiger partial charge on any atom is 0.321 e. The number of rotatable bonds is 4. The highest BCUT2D eigenvalue weighted by Gasteiger charge is 2.33. The topological polar surface area (TPSA) is 83.6 Å². The van der Waals surface area contributed by atoms with Gasteiger partial charge in [-0.2, -0.15) is 0 Å². The molecule has 4 nitrogen and oxygen atoms in total. The summed E-state index contributed by atoms with van der Waals surface area (Å²) in [5, 5.41) is 17.7. The molecule has 4 N–H and O–H groups in total. The van der Waals surface area contributed by atoms with Crippen LogP contribution < -0.4 is 5.73 Å². The molecule has 0 aliphatic carbocycles. The van der Waals surface area contributed by atoms with Crippen LogP contribution in [-0.4, -0.2) is 28.6 Å². The second-order valence-corrected chi connectivity index (χ2v) is 3.32. The Morgan fingerprint density at radius 3 is 2.44 bits per heavy atom. The van der Waals surface area contributed by atoms with E-state index in [1.54, 1.807) is 0 Å². The van der Waals surface area contributed by atoms with Crippen molar-refractivity contribution in [2.45, 2.75) is 18.4 Å². The van der Waals surface area contributed by atoms with Gasteiger partial charge in [-0.3, -0.25) is 4.79 Å². The van der Waals surface area contributed by atoms with Gasteiger partial charge in [0.05, 0.1) is 5.92 Å². The lowest BCUT2D eigenvalue weighted by Crippen LogP contribution is -2.39. The van der Waals surface area contributed by atoms with Crippen LogP contribution >= 0.6 is 0 Å². The van der Waals surface area contributed by atoms with Crippen molar-refractivity contribution >= 4 is 5.97 Å². The third-order valence-electron chi connectivity index (χ3n) is 2.20. The average molecular weight is 231 g/mol. The largest absolute Gasteiger partial charge is 0.508 e. The maximum absolute atomic E-state index is 12.7. The molecule has 0 aliphatic heterocycles. The van der Waals surface area contributed by atoms with Crippen molar-refractivity contribution in [3.8, 4) is 5.75 Å². The standard InChI is InChI=1S/C10H11F2NO3/c11-9(12)7(8(13)10(15)16)5-2-1-3-6(14)4-5/h1-4,7-9,14H,13H2,(H,15,16)/t7-,8-/m0/s1. The second kappa shape index (κ2) is 4.89. The van der Waals surface area contributed by atoms with Gasteiger partial charge in [-0.15, -0.1) is 0 Å². The molecule has 16 heavy (non-hydrogen) atoms. The predicted molar refractivity (Wildman–Crippen MR) is 52.5 cm³/mol. The van der Waals surface area contributed by atoms with E-state index in [9.17, 15) is 13.6 Å². The number of aliphatic carboxylic acids is 1. The van der Waals surface area contributed by atoms with Crippen LogP contribution in [0.3, 0.4) is 0 Å². The van der Waals surface area contributed by atoms with E-state index < -0.39 is 24.4 Å². The summed E-state index contributed by atoms with van der Waals surface area (Å²) in [5.41, 5.74) is 5.19. The van der Waals surface area contributed by atoms with E-state index in [-0.39, 0.29) is 11.3 Å². The quantitative estimate of drug-likeness (QED) is 0.725. The van der Waals surface area contributed by atoms with Gasteiger partial charge in [0.2, 0.25) is 6.43 Å². The SMILES string of the molecule is N[C@H](C(=O)O)[C@H](c1cccc(O)c1)C(F)F. The highest BCUT2D eigenvalue weighted by atomic mass is 19.3. The average Bonchev–Trinajstić information content (AvgIpc) is 2.17. The number of aromatic hydroxyl groups is 1. The van der Waals surface area contributed by atoms with Crippen LogP contribution in [0.5, 0.6) is 5.75 Å². The Kier molecular flexibility index (Phi) is 3.78. The first kappa shape index (κ1) is 12.4. The summed E-state index contributed by atoms with van der Waals surface area (Å²) in [5.74, 6) is -3.35. The molecule has 0 amide bonds. The smallest absolute Gasteiger partial charge is 0.321 e. The summed E-state index contributed by atoms with van der Waals surface area (Å²) < 4.78 is 25.4. The van der Waals surface area contributed by atoms with Crippen molar-refractivity contribution in [2.75, 3.05) is 0 Å². The van der Waals surface area contributed by atoms with E-state index in [0.29, 0.717) is 0 Å². The van der Waals surface area contributed by atoms with Crippen LogP contribution in [0.1, 0.15) is 11.5 Å². The summed E-state index contributed by atoms with van der Waals surface area (Å²) in [6, 6.07) is 3.34. The Hall–Kier alpha value is -1.69. The van der Waals surface area contributed by atoms with Crippen LogP contribution in [0.2, 0.25) is 0 Å². The molecule has 0 heterocycles. The van der Waals surface area contributed by atoms with E-state index >= 15 is 0 Å². The number of benzene rings is 1. The van der Waals surface area contributed by atoms with Gasteiger partial charge in [0, 0.05) is 0 Å². The van der Waals surface area contributed by atoms with Gasteiger partial charge in [0.25, 0.3) is 0 Å². The molecular weight excluding hydrogens is 220 g/mol. The molecule has 0 fully saturated rings. The lowest BCUT2D eigenvalue weighted by atomic mass is 9.92. The van der Waals surface area contributed by atoms with Crippen molar-refractivity contribution in [2.24, 2.45) is 5.73 Å². The molecule has 88 valence electrons. The molecule has 2 atom stereocenters. The first-order valence-corrected chi connectivity index (χ1v) is 4.49. The normalized spacial score (nSPS) is 14.8. The molecule has 0 spiro atoms. The van der Waals surface area contributed by atoms with E-state index in [0.717, 1.165) is 6.07 Å². The van der Waals surface area contributed by atoms with Gasteiger partial charge >= 0.3 is 5.97 Å². The van der Waals surface area contributed by atoms with Gasteiger partial charge in [0.15, 0.2) is 0 Å². The molecule has 6 heteroatoms. The Bertz CT molecular complexity index is 384. The molecule has 0 aliphatic rings. The van der Waals surface area contributed by atoms with Crippen LogP contribution in [0.4, 0.5) is 8.78 Å². The monoisotopic (exact) mass is 231 g/mol. The summed E-state index contributed by atoms with van der Waals surface area (Å²) in [6.45, 7) is 0. The minimum absolute atomic E-state index is 0.00454. The van der Waals surface area contributed by atoms with E-state index in [4.69, 9.17) is 15.9 Å². The zero-order chi connectivity index (χ0) is 12.3. The molecular formula is C10H11F2NO3. The van der Waals surface area contributed by atoms with Crippen LogP contribution in [0, 0.1) is 0 Å². The van der Waals surface area contributed by atoms with E-state index in [2.05, 4.69) is 0 Å². The molecule has 1 rings (SSSR count). The fraction of sp³-hybridized carbons (Fsp3) is 0.300. The van der Waals surface area contributed by atoms with Crippen LogP contribution in [0.15, 0.2) is 24.3 Å².